The second-order valence-electron chi connectivity index (χ2n) is 37.0. The fraction of sp³-hybridized carbons (Fsp3) is 0.356. The first kappa shape index (κ1) is 82.2. The molecule has 14 aromatic rings. The largest absolute Gasteiger partial charge is 0.493 e. The fourth-order valence-corrected chi connectivity index (χ4v) is 12.4. The third kappa shape index (κ3) is 23.1. The van der Waals surface area contributed by atoms with Crippen molar-refractivity contribution >= 4 is 65.3 Å². The minimum absolute atomic E-state index is 0.195. The number of pyridine rings is 3. The van der Waals surface area contributed by atoms with Crippen molar-refractivity contribution < 1.29 is 18.3 Å². The first-order valence-electron chi connectivity index (χ1n) is 38.6. The van der Waals surface area contributed by atoms with Crippen LogP contribution in [-0.4, -0.2) is 28.2 Å². The maximum Gasteiger partial charge on any atom is 0.134 e. The summed E-state index contributed by atoms with van der Waals surface area (Å²) in [6, 6.07) is 74.9. The number of rotatable bonds is 0. The van der Waals surface area contributed by atoms with Gasteiger partial charge in [0, 0.05) is 64.6 Å². The van der Waals surface area contributed by atoms with E-state index in [1.54, 1.807) is 12.5 Å². The molecule has 0 radical (unpaired) electrons. The van der Waals surface area contributed by atoms with Crippen molar-refractivity contribution in [2.75, 3.05) is 13.2 Å². The van der Waals surface area contributed by atoms with E-state index in [4.69, 9.17) is 18.3 Å². The molecule has 0 saturated carbocycles. The van der Waals surface area contributed by atoms with Gasteiger partial charge < -0.3 is 18.3 Å². The maximum atomic E-state index is 5.53. The molecular formula is C101H121N3O4. The topological polar surface area (TPSA) is 83.4 Å². The highest BCUT2D eigenvalue weighted by molar-refractivity contribution is 5.85. The molecule has 16 rings (SSSR count). The molecule has 0 N–H and O–H groups in total. The summed E-state index contributed by atoms with van der Waals surface area (Å²) >= 11 is 0. The molecule has 0 fully saturated rings. The van der Waals surface area contributed by atoms with Gasteiger partial charge in [-0.1, -0.05) is 294 Å². The summed E-state index contributed by atoms with van der Waals surface area (Å²) < 4.78 is 21.6. The molecule has 0 saturated heterocycles. The van der Waals surface area contributed by atoms with E-state index in [1.165, 1.54) is 98.7 Å². The van der Waals surface area contributed by atoms with E-state index >= 15 is 0 Å². The molecule has 9 aromatic carbocycles. The number of fused-ring (bicyclic) bond motifs is 8. The Bertz CT molecular complexity index is 4750. The van der Waals surface area contributed by atoms with Crippen molar-refractivity contribution in [1.82, 2.24) is 15.0 Å². The first-order chi connectivity index (χ1) is 50.6. The van der Waals surface area contributed by atoms with Crippen molar-refractivity contribution in [3.63, 3.8) is 0 Å². The van der Waals surface area contributed by atoms with Crippen molar-refractivity contribution in [3.8, 4) is 11.5 Å². The molecule has 0 unspecified atom stereocenters. The van der Waals surface area contributed by atoms with Crippen molar-refractivity contribution in [1.29, 1.82) is 0 Å². The zero-order valence-electron chi connectivity index (χ0n) is 69.5. The highest BCUT2D eigenvalue weighted by Crippen LogP contribution is 2.35. The molecule has 0 atom stereocenters. The predicted molar refractivity (Wildman–Crippen MR) is 462 cm³/mol. The van der Waals surface area contributed by atoms with E-state index in [0.29, 0.717) is 0 Å². The Morgan fingerprint density at radius 1 is 0.250 bits per heavy atom. The summed E-state index contributed by atoms with van der Waals surface area (Å²) in [7, 11) is 0. The van der Waals surface area contributed by atoms with Gasteiger partial charge in [-0.05, 0) is 200 Å². The van der Waals surface area contributed by atoms with Crippen LogP contribution in [0, 0.1) is 0 Å². The number of hydrogen-bond acceptors (Lipinski definition) is 7. The maximum absolute atomic E-state index is 5.53. The van der Waals surface area contributed by atoms with Gasteiger partial charge in [0.25, 0.3) is 0 Å². The number of ether oxygens (including phenoxy) is 2. The smallest absolute Gasteiger partial charge is 0.134 e. The van der Waals surface area contributed by atoms with Crippen LogP contribution in [0.5, 0.6) is 11.5 Å². The molecular weight excluding hydrogens is 1320 g/mol. The Morgan fingerprint density at radius 3 is 1.24 bits per heavy atom. The van der Waals surface area contributed by atoms with Crippen LogP contribution < -0.4 is 9.47 Å². The van der Waals surface area contributed by atoms with Crippen LogP contribution in [0.25, 0.3) is 65.3 Å². The summed E-state index contributed by atoms with van der Waals surface area (Å²) in [4.78, 5) is 12.8. The van der Waals surface area contributed by atoms with Crippen molar-refractivity contribution in [3.05, 3.63) is 305 Å². The molecule has 7 heterocycles. The summed E-state index contributed by atoms with van der Waals surface area (Å²) in [5, 5.41) is 9.93. The van der Waals surface area contributed by atoms with Crippen molar-refractivity contribution in [2.24, 2.45) is 0 Å². The van der Waals surface area contributed by atoms with Gasteiger partial charge in [-0.3, -0.25) is 15.0 Å². The highest BCUT2D eigenvalue weighted by Gasteiger charge is 2.22. The summed E-state index contributed by atoms with van der Waals surface area (Å²) in [5.41, 5.74) is 19.4. The molecule has 7 heteroatoms. The van der Waals surface area contributed by atoms with E-state index in [0.717, 1.165) is 59.8 Å². The quantitative estimate of drug-likeness (QED) is 0.150. The minimum atomic E-state index is 0.195. The van der Waals surface area contributed by atoms with Gasteiger partial charge in [-0.25, -0.2) is 0 Å². The van der Waals surface area contributed by atoms with Crippen LogP contribution in [-0.2, 0) is 56.2 Å². The summed E-state index contributed by atoms with van der Waals surface area (Å²) in [6.45, 7) is 55.1. The Hall–Kier alpha value is -9.85. The van der Waals surface area contributed by atoms with Gasteiger partial charge in [0.05, 0.1) is 36.8 Å². The number of furan rings is 2. The Kier molecular flexibility index (Phi) is 26.0. The van der Waals surface area contributed by atoms with Gasteiger partial charge in [-0.15, -0.1) is 0 Å². The Balaban J connectivity index is 0.000000142. The van der Waals surface area contributed by atoms with E-state index in [1.807, 2.05) is 61.2 Å². The van der Waals surface area contributed by atoms with Crippen LogP contribution in [0.1, 0.15) is 222 Å². The van der Waals surface area contributed by atoms with Crippen LogP contribution in [0.2, 0.25) is 0 Å². The van der Waals surface area contributed by atoms with E-state index in [-0.39, 0.29) is 43.3 Å². The van der Waals surface area contributed by atoms with Crippen LogP contribution in [0.4, 0.5) is 0 Å². The monoisotopic (exact) mass is 1440 g/mol. The summed E-state index contributed by atoms with van der Waals surface area (Å²) in [5.74, 6) is 2.17. The molecule has 2 aliphatic rings. The van der Waals surface area contributed by atoms with Gasteiger partial charge >= 0.3 is 0 Å². The zero-order valence-corrected chi connectivity index (χ0v) is 69.5. The van der Waals surface area contributed by atoms with Crippen molar-refractivity contribution in [2.45, 2.75) is 222 Å². The average molecular weight is 1440 g/mol. The minimum Gasteiger partial charge on any atom is -0.493 e. The fourth-order valence-electron chi connectivity index (χ4n) is 12.4. The normalized spacial score (nSPS) is 12.8. The molecule has 5 aromatic heterocycles. The van der Waals surface area contributed by atoms with E-state index in [9.17, 15) is 0 Å². The lowest BCUT2D eigenvalue weighted by atomic mass is 9.86. The number of benzene rings is 9. The number of hydrogen-bond donors (Lipinski definition) is 0. The molecule has 564 valence electrons. The third-order valence-electron chi connectivity index (χ3n) is 19.8. The average Bonchev–Trinajstić information content (AvgIpc) is 1.27. The molecule has 2 aliphatic heterocycles. The van der Waals surface area contributed by atoms with Gasteiger partial charge in [0.15, 0.2) is 0 Å². The van der Waals surface area contributed by atoms with Crippen LogP contribution >= 0.6 is 0 Å². The Morgan fingerprint density at radius 2 is 0.648 bits per heavy atom. The lowest BCUT2D eigenvalue weighted by Gasteiger charge is -2.19. The zero-order chi connectivity index (χ0) is 78.6. The number of nitrogens with zero attached hydrogens (tertiary/aromatic N) is 3. The van der Waals surface area contributed by atoms with E-state index in [2.05, 4.69) is 357 Å². The molecule has 0 amide bonds. The molecule has 0 bridgehead atoms. The second-order valence-corrected chi connectivity index (χ2v) is 37.0. The summed E-state index contributed by atoms with van der Waals surface area (Å²) in [6.07, 6.45) is 13.0. The van der Waals surface area contributed by atoms with Gasteiger partial charge in [0.1, 0.15) is 22.7 Å². The molecule has 0 aliphatic carbocycles. The standard InChI is InChI=1S/C14H16.3C13H15N.C12H16O.C12H14O.C12H16O.C12H14O/c1-14(2,3)13-9-8-11-6-4-5-7-12(11)10-13;1-13(2,3)12-5-4-10-6-7-14-9-11(10)8-12;1-13(2,3)11-6-7-12-10(9-11)5-4-8-14-12;1-13(2,3)11-7-6-10-5-4-8-14-12(10)9-11;2*1-12(2,3)10-4-5-11-9(8-10)6-7-13-11;2*1-12(2,3)10-5-4-9-6-7-13-11(9)8-10/h4-10H,1-3H3;3*4-9H,1-3H3;4-5,8H,6-7H2,1-3H3;4-8H,1-3H3;4-5,8H,6-7H2,1-3H3;4-8H,1-3H3. The first-order valence-corrected chi connectivity index (χ1v) is 38.6. The second kappa shape index (κ2) is 34.2. The van der Waals surface area contributed by atoms with Gasteiger partial charge in [-0.2, -0.15) is 0 Å². The number of aromatic nitrogens is 3. The third-order valence-corrected chi connectivity index (χ3v) is 19.8. The molecule has 7 nitrogen and oxygen atoms in total. The highest BCUT2D eigenvalue weighted by atomic mass is 16.5. The lowest BCUT2D eigenvalue weighted by molar-refractivity contribution is 0.356. The van der Waals surface area contributed by atoms with Crippen LogP contribution in [0.3, 0.4) is 0 Å². The predicted octanol–water partition coefficient (Wildman–Crippen LogP) is 28.0. The van der Waals surface area contributed by atoms with Crippen LogP contribution in [0.15, 0.2) is 258 Å². The van der Waals surface area contributed by atoms with Gasteiger partial charge in [0.2, 0.25) is 0 Å². The van der Waals surface area contributed by atoms with E-state index < -0.39 is 0 Å². The lowest BCUT2D eigenvalue weighted by Crippen LogP contribution is -2.10. The SMILES string of the molecule is CC(C)(C)c1ccc2c(c1)CCO2.CC(C)(C)c1ccc2c(c1)OCC2.CC(C)(C)c1ccc2ccccc2c1.CC(C)(C)c1ccc2cccnc2c1.CC(C)(C)c1ccc2ccncc2c1.CC(C)(C)c1ccc2ccoc2c1.CC(C)(C)c1ccc2ncccc2c1.CC(C)(C)c1ccc2occc2c1. The molecule has 108 heavy (non-hydrogen) atoms. The molecule has 0 spiro atoms. The Labute approximate surface area is 647 Å².